The Labute approximate surface area is 98.6 Å². The molecule has 0 spiro atoms. The third kappa shape index (κ3) is 6.44. The van der Waals surface area contributed by atoms with Crippen molar-refractivity contribution in [2.45, 2.75) is 53.6 Å². The van der Waals surface area contributed by atoms with Crippen LogP contribution in [0.15, 0.2) is 18.2 Å². The van der Waals surface area contributed by atoms with Crippen molar-refractivity contribution >= 4 is 0 Å². The normalized spacial score (nSPS) is 9.69. The molecule has 0 saturated carbocycles. The molecule has 0 saturated heterocycles. The van der Waals surface area contributed by atoms with E-state index in [1.165, 1.54) is 18.9 Å². The summed E-state index contributed by atoms with van der Waals surface area (Å²) in [5.41, 5.74) is 0.906. The van der Waals surface area contributed by atoms with Gasteiger partial charge in [0.25, 0.3) is 0 Å². The molecule has 16 heavy (non-hydrogen) atoms. The summed E-state index contributed by atoms with van der Waals surface area (Å²) in [6.07, 6.45) is 2.65. The topological polar surface area (TPSA) is 9.23 Å². The number of hydrogen-bond donors (Lipinski definition) is 0. The van der Waals surface area contributed by atoms with Crippen LogP contribution in [0.25, 0.3) is 0 Å². The monoisotopic (exact) mass is 226 g/mol. The highest BCUT2D eigenvalue weighted by molar-refractivity contribution is 5.28. The minimum Gasteiger partial charge on any atom is -0.488 e. The van der Waals surface area contributed by atoms with E-state index in [2.05, 4.69) is 13.8 Å². The maximum absolute atomic E-state index is 13.1. The highest BCUT2D eigenvalue weighted by Gasteiger charge is 2.04. The van der Waals surface area contributed by atoms with Gasteiger partial charge in [-0.05, 0) is 38.5 Å². The van der Waals surface area contributed by atoms with E-state index in [9.17, 15) is 4.39 Å². The fraction of sp³-hybridized carbons (Fsp3) is 0.571. The van der Waals surface area contributed by atoms with E-state index in [1.54, 1.807) is 6.07 Å². The molecule has 0 N–H and O–H groups in total. The second-order valence-corrected chi connectivity index (χ2v) is 4.10. The van der Waals surface area contributed by atoms with E-state index < -0.39 is 0 Å². The van der Waals surface area contributed by atoms with Crippen LogP contribution in [0, 0.1) is 12.7 Å². The van der Waals surface area contributed by atoms with Gasteiger partial charge in [0.2, 0.25) is 0 Å². The first-order valence-electron chi connectivity index (χ1n) is 5.94. The Morgan fingerprint density at radius 1 is 1.19 bits per heavy atom. The lowest BCUT2D eigenvalue weighted by Gasteiger charge is -2.10. The zero-order valence-corrected chi connectivity index (χ0v) is 11.0. The fourth-order valence-corrected chi connectivity index (χ4v) is 0.955. The fourth-order valence-electron chi connectivity index (χ4n) is 0.955. The lowest BCUT2D eigenvalue weighted by Crippen LogP contribution is -2.06. The van der Waals surface area contributed by atoms with Crippen LogP contribution in [0.1, 0.15) is 46.1 Å². The minimum atomic E-state index is -0.288. The zero-order valence-electron chi connectivity index (χ0n) is 11.0. The first-order chi connectivity index (χ1) is 7.51. The smallest absolute Gasteiger partial charge is 0.165 e. The number of unbranched alkanes of at least 4 members (excludes halogenated alkanes) is 1. The van der Waals surface area contributed by atoms with E-state index in [4.69, 9.17) is 4.74 Å². The molecule has 1 aromatic carbocycles. The van der Waals surface area contributed by atoms with Crippen LogP contribution in [0.2, 0.25) is 0 Å². The van der Waals surface area contributed by atoms with Crippen LogP contribution < -0.4 is 4.74 Å². The molecule has 0 atom stereocenters. The van der Waals surface area contributed by atoms with Gasteiger partial charge in [-0.1, -0.05) is 32.8 Å². The Balaban J connectivity index is 0.000000487. The van der Waals surface area contributed by atoms with Gasteiger partial charge < -0.3 is 4.74 Å². The van der Waals surface area contributed by atoms with Crippen molar-refractivity contribution in [3.63, 3.8) is 0 Å². The molecule has 92 valence electrons. The lowest BCUT2D eigenvalue weighted by atomic mass is 10.2. The molecule has 2 heteroatoms. The van der Waals surface area contributed by atoms with Crippen LogP contribution >= 0.6 is 0 Å². The van der Waals surface area contributed by atoms with Crippen molar-refractivity contribution in [2.75, 3.05) is 0 Å². The van der Waals surface area contributed by atoms with Crippen molar-refractivity contribution in [1.82, 2.24) is 0 Å². The van der Waals surface area contributed by atoms with Crippen molar-refractivity contribution < 1.29 is 9.13 Å². The molecule has 0 bridgehead atoms. The predicted molar refractivity (Wildman–Crippen MR) is 67.5 cm³/mol. The summed E-state index contributed by atoms with van der Waals surface area (Å²) in [6.45, 7) is 9.96. The number of halogens is 1. The molecule has 0 aliphatic heterocycles. The van der Waals surface area contributed by atoms with Gasteiger partial charge in [0.05, 0.1) is 6.10 Å². The second kappa shape index (κ2) is 8.14. The minimum absolute atomic E-state index is 0.0159. The third-order valence-corrected chi connectivity index (χ3v) is 1.95. The molecule has 0 aliphatic carbocycles. The van der Waals surface area contributed by atoms with Crippen LogP contribution in [0.4, 0.5) is 4.39 Å². The Hall–Kier alpha value is -1.05. The summed E-state index contributed by atoms with van der Waals surface area (Å²) in [7, 11) is 0. The van der Waals surface area contributed by atoms with E-state index in [0.29, 0.717) is 5.75 Å². The van der Waals surface area contributed by atoms with Crippen molar-refractivity contribution in [2.24, 2.45) is 0 Å². The zero-order chi connectivity index (χ0) is 12.6. The summed E-state index contributed by atoms with van der Waals surface area (Å²) in [6, 6.07) is 4.96. The first-order valence-corrected chi connectivity index (χ1v) is 5.94. The van der Waals surface area contributed by atoms with Crippen molar-refractivity contribution in [3.8, 4) is 5.75 Å². The second-order valence-electron chi connectivity index (χ2n) is 4.10. The first kappa shape index (κ1) is 14.9. The van der Waals surface area contributed by atoms with Crippen LogP contribution in [0.5, 0.6) is 5.75 Å². The summed E-state index contributed by atoms with van der Waals surface area (Å²) in [4.78, 5) is 0. The van der Waals surface area contributed by atoms with Crippen LogP contribution in [-0.4, -0.2) is 6.10 Å². The summed E-state index contributed by atoms with van der Waals surface area (Å²) in [5, 5.41) is 0. The van der Waals surface area contributed by atoms with Gasteiger partial charge in [-0.3, -0.25) is 0 Å². The Kier molecular flexibility index (Phi) is 7.61. The molecule has 0 fully saturated rings. The number of hydrogen-bond acceptors (Lipinski definition) is 1. The molecule has 0 unspecified atom stereocenters. The van der Waals surface area contributed by atoms with E-state index in [1.807, 2.05) is 26.8 Å². The molecule has 0 aromatic heterocycles. The van der Waals surface area contributed by atoms with Gasteiger partial charge in [-0.15, -0.1) is 0 Å². The molecule has 1 rings (SSSR count). The highest BCUT2D eigenvalue weighted by Crippen LogP contribution is 2.18. The summed E-state index contributed by atoms with van der Waals surface area (Å²) < 4.78 is 18.3. The third-order valence-electron chi connectivity index (χ3n) is 1.95. The number of benzene rings is 1. The predicted octanol–water partition coefficient (Wildman–Crippen LogP) is 4.73. The molecule has 0 heterocycles. The maximum Gasteiger partial charge on any atom is 0.165 e. The van der Waals surface area contributed by atoms with Gasteiger partial charge >= 0.3 is 0 Å². The average molecular weight is 226 g/mol. The molecule has 0 aliphatic rings. The van der Waals surface area contributed by atoms with Gasteiger partial charge in [0.15, 0.2) is 11.6 Å². The molecule has 0 amide bonds. The molecular formula is C14H23FO. The van der Waals surface area contributed by atoms with Gasteiger partial charge in [0, 0.05) is 0 Å². The van der Waals surface area contributed by atoms with E-state index in [-0.39, 0.29) is 11.9 Å². The van der Waals surface area contributed by atoms with Gasteiger partial charge in [-0.25, -0.2) is 4.39 Å². The molecular weight excluding hydrogens is 203 g/mol. The van der Waals surface area contributed by atoms with E-state index >= 15 is 0 Å². The Morgan fingerprint density at radius 2 is 1.75 bits per heavy atom. The maximum atomic E-state index is 13.1. The van der Waals surface area contributed by atoms with Crippen LogP contribution in [-0.2, 0) is 0 Å². The van der Waals surface area contributed by atoms with Gasteiger partial charge in [0.1, 0.15) is 0 Å². The number of aryl methyl sites for hydroxylation is 1. The van der Waals surface area contributed by atoms with E-state index in [0.717, 1.165) is 5.56 Å². The lowest BCUT2D eigenvalue weighted by molar-refractivity contribution is 0.231. The number of ether oxygens (including phenoxy) is 1. The van der Waals surface area contributed by atoms with Crippen molar-refractivity contribution in [1.29, 1.82) is 0 Å². The Bertz CT molecular complexity index is 293. The Morgan fingerprint density at radius 3 is 2.12 bits per heavy atom. The molecule has 1 aromatic rings. The SMILES string of the molecule is CCCC.Cc1ccc(OC(C)C)c(F)c1. The standard InChI is InChI=1S/C10H13FO.C4H10/c1-7(2)12-10-5-4-8(3)6-9(10)11;1-3-4-2/h4-7H,1-3H3;3-4H2,1-2H3. The van der Waals surface area contributed by atoms with Gasteiger partial charge in [-0.2, -0.15) is 0 Å². The molecule has 0 radical (unpaired) electrons. The number of rotatable bonds is 3. The average Bonchev–Trinajstić information content (AvgIpc) is 2.22. The summed E-state index contributed by atoms with van der Waals surface area (Å²) in [5.74, 6) is 0.0410. The highest BCUT2D eigenvalue weighted by atomic mass is 19.1. The van der Waals surface area contributed by atoms with Crippen molar-refractivity contribution in [3.05, 3.63) is 29.6 Å². The molecule has 1 nitrogen and oxygen atoms in total. The largest absolute Gasteiger partial charge is 0.488 e. The van der Waals surface area contributed by atoms with Crippen LogP contribution in [0.3, 0.4) is 0 Å². The quantitative estimate of drug-likeness (QED) is 0.724. The summed E-state index contributed by atoms with van der Waals surface area (Å²) >= 11 is 0.